The molecular formula is C16H24N2O. The van der Waals surface area contributed by atoms with E-state index in [1.54, 1.807) is 0 Å². The molecule has 104 valence electrons. The Morgan fingerprint density at radius 1 is 1.26 bits per heavy atom. The van der Waals surface area contributed by atoms with E-state index in [-0.39, 0.29) is 5.91 Å². The van der Waals surface area contributed by atoms with Gasteiger partial charge in [-0.1, -0.05) is 38.1 Å². The molecular weight excluding hydrogens is 236 g/mol. The third-order valence-corrected chi connectivity index (χ3v) is 3.50. The van der Waals surface area contributed by atoms with Crippen molar-refractivity contribution in [3.8, 4) is 0 Å². The molecule has 1 aromatic rings. The first-order valence-corrected chi connectivity index (χ1v) is 7.24. The summed E-state index contributed by atoms with van der Waals surface area (Å²) in [5, 5.41) is 6.31. The third-order valence-electron chi connectivity index (χ3n) is 3.50. The van der Waals surface area contributed by atoms with Crippen molar-refractivity contribution < 1.29 is 4.79 Å². The second kappa shape index (κ2) is 6.71. The average molecular weight is 260 g/mol. The van der Waals surface area contributed by atoms with Crippen LogP contribution in [0.4, 0.5) is 0 Å². The molecule has 1 aliphatic carbocycles. The molecule has 0 aliphatic heterocycles. The lowest BCUT2D eigenvalue weighted by molar-refractivity contribution is -0.121. The monoisotopic (exact) mass is 260 g/mol. The van der Waals surface area contributed by atoms with Gasteiger partial charge in [-0.25, -0.2) is 0 Å². The summed E-state index contributed by atoms with van der Waals surface area (Å²) in [4.78, 5) is 11.6. The lowest BCUT2D eigenvalue weighted by Crippen LogP contribution is -2.28. The van der Waals surface area contributed by atoms with Gasteiger partial charge >= 0.3 is 0 Å². The molecule has 1 saturated carbocycles. The lowest BCUT2D eigenvalue weighted by Gasteiger charge is -2.08. The number of carbonyl (C=O) groups is 1. The van der Waals surface area contributed by atoms with Crippen LogP contribution in [0.1, 0.15) is 50.2 Å². The Kier molecular flexibility index (Phi) is 4.97. The smallest absolute Gasteiger partial charge is 0.221 e. The number of rotatable bonds is 7. The highest BCUT2D eigenvalue weighted by Gasteiger charge is 2.19. The van der Waals surface area contributed by atoms with Gasteiger partial charge in [0.25, 0.3) is 0 Å². The molecule has 2 N–H and O–H groups in total. The van der Waals surface area contributed by atoms with Crippen molar-refractivity contribution in [2.75, 3.05) is 6.54 Å². The molecule has 1 fully saturated rings. The van der Waals surface area contributed by atoms with Crippen molar-refractivity contribution in [3.63, 3.8) is 0 Å². The highest BCUT2D eigenvalue weighted by molar-refractivity contribution is 5.76. The van der Waals surface area contributed by atoms with Crippen molar-refractivity contribution in [1.29, 1.82) is 0 Å². The first-order valence-electron chi connectivity index (χ1n) is 7.24. The second-order valence-electron chi connectivity index (χ2n) is 5.65. The predicted molar refractivity (Wildman–Crippen MR) is 78.0 cm³/mol. The Bertz CT molecular complexity index is 407. The number of hydrogen-bond acceptors (Lipinski definition) is 2. The van der Waals surface area contributed by atoms with Gasteiger partial charge < -0.3 is 10.6 Å². The van der Waals surface area contributed by atoms with E-state index in [2.05, 4.69) is 48.7 Å². The van der Waals surface area contributed by atoms with E-state index < -0.39 is 0 Å². The fourth-order valence-corrected chi connectivity index (χ4v) is 1.99. The largest absolute Gasteiger partial charge is 0.352 e. The Morgan fingerprint density at radius 2 is 1.95 bits per heavy atom. The fourth-order valence-electron chi connectivity index (χ4n) is 1.99. The van der Waals surface area contributed by atoms with Gasteiger partial charge in [0.1, 0.15) is 0 Å². The molecule has 0 saturated heterocycles. The van der Waals surface area contributed by atoms with Crippen LogP contribution >= 0.6 is 0 Å². The molecule has 1 amide bonds. The number of amides is 1. The molecule has 0 aromatic heterocycles. The van der Waals surface area contributed by atoms with Gasteiger partial charge in [0.15, 0.2) is 0 Å². The number of carbonyl (C=O) groups excluding carboxylic acids is 1. The fraction of sp³-hybridized carbons (Fsp3) is 0.562. The minimum absolute atomic E-state index is 0.126. The molecule has 3 nitrogen and oxygen atoms in total. The van der Waals surface area contributed by atoms with Crippen LogP contribution < -0.4 is 10.6 Å². The normalized spacial score (nSPS) is 14.7. The Morgan fingerprint density at radius 3 is 2.53 bits per heavy atom. The Hall–Kier alpha value is -1.35. The number of hydrogen-bond donors (Lipinski definition) is 2. The number of nitrogens with one attached hydrogen (secondary N) is 2. The summed E-state index contributed by atoms with van der Waals surface area (Å²) in [5.41, 5.74) is 2.50. The summed E-state index contributed by atoms with van der Waals surface area (Å²) >= 11 is 0. The molecule has 1 aliphatic rings. The molecule has 0 atom stereocenters. The van der Waals surface area contributed by atoms with Crippen LogP contribution in [-0.2, 0) is 11.3 Å². The first-order chi connectivity index (χ1) is 9.15. The van der Waals surface area contributed by atoms with Gasteiger partial charge in [-0.05, 0) is 29.9 Å². The quantitative estimate of drug-likeness (QED) is 0.791. The van der Waals surface area contributed by atoms with Crippen molar-refractivity contribution in [3.05, 3.63) is 35.4 Å². The van der Waals surface area contributed by atoms with E-state index in [0.717, 1.165) is 12.1 Å². The van der Waals surface area contributed by atoms with Crippen LogP contribution in [0.3, 0.4) is 0 Å². The van der Waals surface area contributed by atoms with Crippen LogP contribution in [0.5, 0.6) is 0 Å². The summed E-state index contributed by atoms with van der Waals surface area (Å²) < 4.78 is 0. The zero-order valence-corrected chi connectivity index (χ0v) is 11.9. The Balaban J connectivity index is 1.67. The minimum atomic E-state index is 0.126. The van der Waals surface area contributed by atoms with E-state index >= 15 is 0 Å². The van der Waals surface area contributed by atoms with Crippen molar-refractivity contribution in [2.24, 2.45) is 0 Å². The van der Waals surface area contributed by atoms with Gasteiger partial charge in [-0.3, -0.25) is 4.79 Å². The van der Waals surface area contributed by atoms with E-state index in [0.29, 0.717) is 24.9 Å². The highest BCUT2D eigenvalue weighted by Crippen LogP contribution is 2.18. The van der Waals surface area contributed by atoms with E-state index in [9.17, 15) is 4.79 Å². The van der Waals surface area contributed by atoms with Crippen molar-refractivity contribution in [1.82, 2.24) is 10.6 Å². The summed E-state index contributed by atoms with van der Waals surface area (Å²) in [5.74, 6) is 0.679. The summed E-state index contributed by atoms with van der Waals surface area (Å²) in [6, 6.07) is 9.15. The minimum Gasteiger partial charge on any atom is -0.352 e. The topological polar surface area (TPSA) is 41.1 Å². The number of benzene rings is 1. The van der Waals surface area contributed by atoms with E-state index in [1.807, 2.05) is 0 Å². The molecule has 0 spiro atoms. The van der Waals surface area contributed by atoms with Crippen molar-refractivity contribution in [2.45, 2.75) is 51.6 Å². The summed E-state index contributed by atoms with van der Waals surface area (Å²) in [6.07, 6.45) is 3.11. The molecule has 3 heteroatoms. The van der Waals surface area contributed by atoms with Gasteiger partial charge in [0.2, 0.25) is 5.91 Å². The van der Waals surface area contributed by atoms with Crippen LogP contribution in [0.15, 0.2) is 24.3 Å². The van der Waals surface area contributed by atoms with Crippen LogP contribution in [-0.4, -0.2) is 18.5 Å². The first kappa shape index (κ1) is 14.1. The van der Waals surface area contributed by atoms with Gasteiger partial charge in [0.05, 0.1) is 0 Å². The zero-order chi connectivity index (χ0) is 13.7. The maximum absolute atomic E-state index is 11.6. The van der Waals surface area contributed by atoms with Gasteiger partial charge in [-0.2, -0.15) is 0 Å². The maximum atomic E-state index is 11.6. The summed E-state index contributed by atoms with van der Waals surface area (Å²) in [6.45, 7) is 5.79. The van der Waals surface area contributed by atoms with Gasteiger partial charge in [-0.15, -0.1) is 0 Å². The van der Waals surface area contributed by atoms with Gasteiger partial charge in [0, 0.05) is 25.6 Å². The van der Waals surface area contributed by atoms with E-state index in [1.165, 1.54) is 18.4 Å². The predicted octanol–water partition coefficient (Wildman–Crippen LogP) is 2.57. The summed E-state index contributed by atoms with van der Waals surface area (Å²) in [7, 11) is 0. The molecule has 0 unspecified atom stereocenters. The zero-order valence-electron chi connectivity index (χ0n) is 11.9. The highest BCUT2D eigenvalue weighted by atomic mass is 16.1. The maximum Gasteiger partial charge on any atom is 0.221 e. The molecule has 0 bridgehead atoms. The second-order valence-corrected chi connectivity index (χ2v) is 5.65. The van der Waals surface area contributed by atoms with Crippen LogP contribution in [0, 0.1) is 0 Å². The molecule has 1 aromatic carbocycles. The lowest BCUT2D eigenvalue weighted by atomic mass is 10.0. The average Bonchev–Trinajstić information content (AvgIpc) is 3.21. The molecule has 2 rings (SSSR count). The standard InChI is InChI=1S/C16H24N2O/c1-12(2)14-5-3-13(4-6-14)11-18-16(19)9-10-17-15-7-8-15/h3-6,12,15,17H,7-11H2,1-2H3,(H,18,19). The van der Waals surface area contributed by atoms with Crippen LogP contribution in [0.25, 0.3) is 0 Å². The SMILES string of the molecule is CC(C)c1ccc(CNC(=O)CCNC2CC2)cc1. The van der Waals surface area contributed by atoms with Crippen molar-refractivity contribution >= 4 is 5.91 Å². The van der Waals surface area contributed by atoms with E-state index in [4.69, 9.17) is 0 Å². The molecule has 0 heterocycles. The Labute approximate surface area is 115 Å². The van der Waals surface area contributed by atoms with Crippen LogP contribution in [0.2, 0.25) is 0 Å². The third kappa shape index (κ3) is 5.03. The molecule has 0 radical (unpaired) electrons. The molecule has 19 heavy (non-hydrogen) atoms.